The van der Waals surface area contributed by atoms with Crippen LogP contribution >= 0.6 is 0 Å². The Morgan fingerprint density at radius 1 is 1.16 bits per heavy atom. The van der Waals surface area contributed by atoms with Gasteiger partial charge in [0.1, 0.15) is 11.9 Å². The first kappa shape index (κ1) is 26.2. The average Bonchev–Trinajstić information content (AvgIpc) is 3.12. The third-order valence-corrected chi connectivity index (χ3v) is 7.46. The lowest BCUT2D eigenvalue weighted by Crippen LogP contribution is -2.24. The average molecular weight is 516 g/mol. The molecule has 0 saturated carbocycles. The van der Waals surface area contributed by atoms with Crippen LogP contribution in [-0.4, -0.2) is 48.9 Å². The van der Waals surface area contributed by atoms with E-state index in [-0.39, 0.29) is 12.8 Å². The van der Waals surface area contributed by atoms with Crippen molar-refractivity contribution in [2.75, 3.05) is 38.6 Å². The predicted molar refractivity (Wildman–Crippen MR) is 152 cm³/mol. The number of aromatic nitrogens is 1. The van der Waals surface area contributed by atoms with Gasteiger partial charge in [0, 0.05) is 44.0 Å². The van der Waals surface area contributed by atoms with Crippen LogP contribution in [-0.2, 0) is 11.2 Å². The van der Waals surface area contributed by atoms with E-state index in [9.17, 15) is 4.39 Å². The second-order valence-corrected chi connectivity index (χ2v) is 10.2. The first-order valence-electron chi connectivity index (χ1n) is 13.9. The number of allylic oxidation sites excluding steroid dienone is 7. The lowest BCUT2D eigenvalue weighted by atomic mass is 9.87. The molecule has 0 amide bonds. The molecule has 2 aliphatic carbocycles. The molecule has 0 radical (unpaired) electrons. The quantitative estimate of drug-likeness (QED) is 0.385. The SMILES string of the molecule is CCOc1ccc(C2=C(C3=CC=C(O[C@H]4CCN(CCCF)C4)CC=C3)c3ccc(N)cc3CCC2)cn1. The van der Waals surface area contributed by atoms with Crippen LogP contribution in [0, 0.1) is 0 Å². The number of hydrogen-bond donors (Lipinski definition) is 1. The van der Waals surface area contributed by atoms with E-state index >= 15 is 0 Å². The number of nitrogens with zero attached hydrogens (tertiary/aromatic N) is 2. The van der Waals surface area contributed by atoms with Gasteiger partial charge in [-0.05, 0) is 96.7 Å². The van der Waals surface area contributed by atoms with E-state index in [4.69, 9.17) is 15.2 Å². The molecule has 200 valence electrons. The van der Waals surface area contributed by atoms with Crippen LogP contribution in [0.1, 0.15) is 55.7 Å². The Morgan fingerprint density at radius 2 is 2.08 bits per heavy atom. The molecule has 3 aliphatic rings. The van der Waals surface area contributed by atoms with Gasteiger partial charge in [-0.3, -0.25) is 9.29 Å². The molecule has 1 atom stereocenters. The molecule has 38 heavy (non-hydrogen) atoms. The first-order valence-corrected chi connectivity index (χ1v) is 13.9. The van der Waals surface area contributed by atoms with Gasteiger partial charge in [-0.1, -0.05) is 24.3 Å². The highest BCUT2D eigenvalue weighted by molar-refractivity contribution is 6.01. The number of benzene rings is 1. The topological polar surface area (TPSA) is 60.6 Å². The molecule has 0 bridgehead atoms. The van der Waals surface area contributed by atoms with Crippen LogP contribution in [0.3, 0.4) is 0 Å². The van der Waals surface area contributed by atoms with Crippen LogP contribution < -0.4 is 10.5 Å². The number of alkyl halides is 1. The molecule has 1 aliphatic heterocycles. The fraction of sp³-hybridized carbons (Fsp3) is 0.406. The number of rotatable bonds is 9. The Kier molecular flexibility index (Phi) is 8.59. The van der Waals surface area contributed by atoms with Crippen LogP contribution in [0.25, 0.3) is 11.1 Å². The third-order valence-electron chi connectivity index (χ3n) is 7.46. The number of aryl methyl sites for hydroxylation is 1. The molecule has 1 saturated heterocycles. The largest absolute Gasteiger partial charge is 0.493 e. The van der Waals surface area contributed by atoms with Crippen LogP contribution in [0.2, 0.25) is 0 Å². The minimum atomic E-state index is -0.258. The Bertz CT molecular complexity index is 1250. The van der Waals surface area contributed by atoms with Gasteiger partial charge in [0.05, 0.1) is 13.3 Å². The van der Waals surface area contributed by atoms with Crippen molar-refractivity contribution in [3.05, 3.63) is 88.9 Å². The van der Waals surface area contributed by atoms with Crippen LogP contribution in [0.5, 0.6) is 5.88 Å². The predicted octanol–water partition coefficient (Wildman–Crippen LogP) is 6.53. The minimum absolute atomic E-state index is 0.162. The van der Waals surface area contributed by atoms with E-state index in [1.807, 2.05) is 25.3 Å². The lowest BCUT2D eigenvalue weighted by Gasteiger charge is -2.17. The van der Waals surface area contributed by atoms with E-state index in [0.717, 1.165) is 74.3 Å². The number of likely N-dealkylation sites (tertiary alicyclic amines) is 1. The smallest absolute Gasteiger partial charge is 0.213 e. The highest BCUT2D eigenvalue weighted by atomic mass is 19.1. The highest BCUT2D eigenvalue weighted by Crippen LogP contribution is 2.41. The summed E-state index contributed by atoms with van der Waals surface area (Å²) in [7, 11) is 0. The van der Waals surface area contributed by atoms with Crippen molar-refractivity contribution in [1.82, 2.24) is 9.88 Å². The maximum atomic E-state index is 12.6. The van der Waals surface area contributed by atoms with Gasteiger partial charge in [-0.15, -0.1) is 0 Å². The normalized spacial score (nSPS) is 19.9. The third kappa shape index (κ3) is 6.18. The van der Waals surface area contributed by atoms with E-state index < -0.39 is 0 Å². The van der Waals surface area contributed by atoms with Crippen molar-refractivity contribution in [1.29, 1.82) is 0 Å². The van der Waals surface area contributed by atoms with E-state index in [1.54, 1.807) is 0 Å². The molecule has 6 heteroatoms. The van der Waals surface area contributed by atoms with Crippen molar-refractivity contribution >= 4 is 16.8 Å². The summed E-state index contributed by atoms with van der Waals surface area (Å²) >= 11 is 0. The molecule has 0 unspecified atom stereocenters. The van der Waals surface area contributed by atoms with Gasteiger partial charge < -0.3 is 15.2 Å². The molecule has 2 heterocycles. The van der Waals surface area contributed by atoms with Gasteiger partial charge in [-0.25, -0.2) is 4.98 Å². The van der Waals surface area contributed by atoms with Gasteiger partial charge in [-0.2, -0.15) is 0 Å². The molecular formula is C32H38FN3O2. The zero-order valence-corrected chi connectivity index (χ0v) is 22.3. The Balaban J connectivity index is 1.48. The zero-order valence-electron chi connectivity index (χ0n) is 22.3. The minimum Gasteiger partial charge on any atom is -0.493 e. The Morgan fingerprint density at radius 3 is 2.89 bits per heavy atom. The summed E-state index contributed by atoms with van der Waals surface area (Å²) in [6, 6.07) is 10.4. The first-order chi connectivity index (χ1) is 18.6. The molecule has 5 rings (SSSR count). The molecular weight excluding hydrogens is 477 g/mol. The molecule has 1 aromatic carbocycles. The summed E-state index contributed by atoms with van der Waals surface area (Å²) in [6.07, 6.45) is 16.2. The van der Waals surface area contributed by atoms with Crippen molar-refractivity contribution in [3.8, 4) is 5.88 Å². The Labute approximate surface area is 225 Å². The highest BCUT2D eigenvalue weighted by Gasteiger charge is 2.25. The van der Waals surface area contributed by atoms with E-state index in [0.29, 0.717) is 18.9 Å². The zero-order chi connectivity index (χ0) is 26.3. The van der Waals surface area contributed by atoms with Gasteiger partial charge in [0.15, 0.2) is 0 Å². The van der Waals surface area contributed by atoms with Gasteiger partial charge >= 0.3 is 0 Å². The summed E-state index contributed by atoms with van der Waals surface area (Å²) in [5, 5.41) is 0. The molecule has 1 fully saturated rings. The number of nitrogens with two attached hydrogens (primary N) is 1. The van der Waals surface area contributed by atoms with Crippen LogP contribution in [0.4, 0.5) is 10.1 Å². The number of hydrogen-bond acceptors (Lipinski definition) is 5. The van der Waals surface area contributed by atoms with Crippen molar-refractivity contribution in [2.45, 2.75) is 51.6 Å². The fourth-order valence-electron chi connectivity index (χ4n) is 5.67. The Hall–Kier alpha value is -3.38. The second-order valence-electron chi connectivity index (χ2n) is 10.2. The summed E-state index contributed by atoms with van der Waals surface area (Å²) < 4.78 is 24.6. The number of fused-ring (bicyclic) bond motifs is 1. The molecule has 1 aromatic heterocycles. The monoisotopic (exact) mass is 515 g/mol. The number of ether oxygens (including phenoxy) is 2. The maximum absolute atomic E-state index is 12.6. The maximum Gasteiger partial charge on any atom is 0.213 e. The molecule has 2 aromatic rings. The van der Waals surface area contributed by atoms with E-state index in [1.165, 1.54) is 22.3 Å². The lowest BCUT2D eigenvalue weighted by molar-refractivity contribution is 0.117. The van der Waals surface area contributed by atoms with Crippen molar-refractivity contribution in [3.63, 3.8) is 0 Å². The van der Waals surface area contributed by atoms with Crippen molar-refractivity contribution < 1.29 is 13.9 Å². The van der Waals surface area contributed by atoms with Crippen molar-refractivity contribution in [2.24, 2.45) is 0 Å². The molecule has 5 nitrogen and oxygen atoms in total. The van der Waals surface area contributed by atoms with Gasteiger partial charge in [0.25, 0.3) is 0 Å². The summed E-state index contributed by atoms with van der Waals surface area (Å²) in [4.78, 5) is 6.87. The number of pyridine rings is 1. The number of nitrogen functional groups attached to an aromatic ring is 1. The molecule has 2 N–H and O–H groups in total. The summed E-state index contributed by atoms with van der Waals surface area (Å²) in [6.45, 7) is 4.95. The van der Waals surface area contributed by atoms with Crippen LogP contribution in [0.15, 0.2) is 72.2 Å². The summed E-state index contributed by atoms with van der Waals surface area (Å²) in [5.74, 6) is 1.62. The molecule has 0 spiro atoms. The summed E-state index contributed by atoms with van der Waals surface area (Å²) in [5.41, 5.74) is 14.3. The number of anilines is 1. The van der Waals surface area contributed by atoms with Gasteiger partial charge in [0.2, 0.25) is 5.88 Å². The number of halogens is 1. The fourth-order valence-corrected chi connectivity index (χ4v) is 5.67. The second kappa shape index (κ2) is 12.4. The standard InChI is InChI=1S/C32H38FN3O2/c1-2-37-31-15-11-25(21-35-31)29-9-4-7-24-20-26(34)12-14-30(24)32(29)23-6-3-8-27(13-10-23)38-28-16-19-36(22-28)18-5-17-33/h3,6,10-15,20-21,28H,2,4-5,7-9,16-19,22,34H2,1H3/t28-/m0/s1. The van der Waals surface area contributed by atoms with E-state index in [2.05, 4.69) is 52.4 Å².